The molecular weight excluding hydrogens is 248 g/mol. The molecule has 0 bridgehead atoms. The van der Waals surface area contributed by atoms with E-state index in [1.54, 1.807) is 0 Å². The molecular formula is C17H32N2O. The fourth-order valence-corrected chi connectivity index (χ4v) is 4.18. The van der Waals surface area contributed by atoms with Gasteiger partial charge in [0.1, 0.15) is 0 Å². The molecule has 0 atom stereocenters. The number of rotatable bonds is 4. The number of carbonyl (C=O) groups excluding carboxylic acids is 1. The molecule has 2 rings (SSSR count). The third-order valence-electron chi connectivity index (χ3n) is 5.52. The normalized spacial score (nSPS) is 24.1. The van der Waals surface area contributed by atoms with Crippen LogP contribution in [0.1, 0.15) is 77.6 Å². The smallest absolute Gasteiger partial charge is 0.230 e. The van der Waals surface area contributed by atoms with E-state index in [0.717, 1.165) is 19.4 Å². The van der Waals surface area contributed by atoms with Gasteiger partial charge in [-0.2, -0.15) is 0 Å². The molecule has 0 spiro atoms. The van der Waals surface area contributed by atoms with Gasteiger partial charge in [-0.25, -0.2) is 0 Å². The Bertz CT molecular complexity index is 302. The van der Waals surface area contributed by atoms with E-state index in [9.17, 15) is 4.79 Å². The summed E-state index contributed by atoms with van der Waals surface area (Å²) >= 11 is 0. The molecule has 0 unspecified atom stereocenters. The summed E-state index contributed by atoms with van der Waals surface area (Å²) in [5, 5.41) is 0. The van der Waals surface area contributed by atoms with Crippen LogP contribution in [-0.4, -0.2) is 29.9 Å². The first kappa shape index (κ1) is 15.8. The second-order valence-electron chi connectivity index (χ2n) is 6.78. The van der Waals surface area contributed by atoms with Crippen LogP contribution in [-0.2, 0) is 4.79 Å². The maximum Gasteiger partial charge on any atom is 0.230 e. The van der Waals surface area contributed by atoms with Gasteiger partial charge in [0.15, 0.2) is 0 Å². The van der Waals surface area contributed by atoms with Crippen LogP contribution in [0.2, 0.25) is 0 Å². The van der Waals surface area contributed by atoms with Crippen molar-refractivity contribution in [3.05, 3.63) is 0 Å². The molecule has 2 N–H and O–H groups in total. The molecule has 3 heteroatoms. The Labute approximate surface area is 124 Å². The molecule has 2 aliphatic carbocycles. The van der Waals surface area contributed by atoms with Crippen LogP contribution in [0.4, 0.5) is 0 Å². The fourth-order valence-electron chi connectivity index (χ4n) is 4.18. The van der Waals surface area contributed by atoms with Gasteiger partial charge in [-0.3, -0.25) is 4.79 Å². The summed E-state index contributed by atoms with van der Waals surface area (Å²) in [6.45, 7) is 3.52. The SMILES string of the molecule is CCN(C(=O)C1(CN)CCCCCC1)C1CCCCC1. The highest BCUT2D eigenvalue weighted by molar-refractivity contribution is 5.83. The highest BCUT2D eigenvalue weighted by Crippen LogP contribution is 2.37. The van der Waals surface area contributed by atoms with Crippen LogP contribution in [0.25, 0.3) is 0 Å². The summed E-state index contributed by atoms with van der Waals surface area (Å²) in [5.74, 6) is 0.372. The van der Waals surface area contributed by atoms with Crippen LogP contribution in [0, 0.1) is 5.41 Å². The number of hydrogen-bond acceptors (Lipinski definition) is 2. The average Bonchev–Trinajstić information content (AvgIpc) is 2.75. The van der Waals surface area contributed by atoms with E-state index in [1.807, 2.05) is 0 Å². The van der Waals surface area contributed by atoms with Gasteiger partial charge in [-0.05, 0) is 32.6 Å². The molecule has 0 aromatic heterocycles. The monoisotopic (exact) mass is 280 g/mol. The van der Waals surface area contributed by atoms with Crippen LogP contribution < -0.4 is 5.73 Å². The molecule has 0 aromatic rings. The van der Waals surface area contributed by atoms with Gasteiger partial charge >= 0.3 is 0 Å². The number of nitrogens with zero attached hydrogens (tertiary/aromatic N) is 1. The zero-order chi connectivity index (χ0) is 14.4. The summed E-state index contributed by atoms with van der Waals surface area (Å²) in [6.07, 6.45) is 13.2. The largest absolute Gasteiger partial charge is 0.339 e. The third kappa shape index (κ3) is 3.36. The molecule has 20 heavy (non-hydrogen) atoms. The molecule has 2 aliphatic rings. The van der Waals surface area contributed by atoms with Crippen molar-refractivity contribution in [2.75, 3.05) is 13.1 Å². The minimum absolute atomic E-state index is 0.246. The zero-order valence-corrected chi connectivity index (χ0v) is 13.2. The Morgan fingerprint density at radius 3 is 2.10 bits per heavy atom. The molecule has 0 aromatic carbocycles. The highest BCUT2D eigenvalue weighted by Gasteiger charge is 2.41. The van der Waals surface area contributed by atoms with E-state index in [4.69, 9.17) is 5.73 Å². The van der Waals surface area contributed by atoms with Gasteiger partial charge in [-0.1, -0.05) is 44.9 Å². The number of amides is 1. The molecule has 116 valence electrons. The van der Waals surface area contributed by atoms with Crippen molar-refractivity contribution < 1.29 is 4.79 Å². The molecule has 3 nitrogen and oxygen atoms in total. The second kappa shape index (κ2) is 7.44. The Balaban J connectivity index is 2.11. The molecule has 2 fully saturated rings. The summed E-state index contributed by atoms with van der Waals surface area (Å²) in [5.41, 5.74) is 5.84. The minimum Gasteiger partial charge on any atom is -0.339 e. The average molecular weight is 280 g/mol. The van der Waals surface area contributed by atoms with Crippen molar-refractivity contribution in [1.29, 1.82) is 0 Å². The standard InChI is InChI=1S/C17H32N2O/c1-2-19(15-10-6-5-7-11-15)16(20)17(14-18)12-8-3-4-9-13-17/h15H,2-14,18H2,1H3. The van der Waals surface area contributed by atoms with Crippen molar-refractivity contribution in [3.8, 4) is 0 Å². The summed E-state index contributed by atoms with van der Waals surface area (Å²) in [6, 6.07) is 0.480. The zero-order valence-electron chi connectivity index (χ0n) is 13.2. The highest BCUT2D eigenvalue weighted by atomic mass is 16.2. The predicted octanol–water partition coefficient (Wildman–Crippen LogP) is 3.47. The predicted molar refractivity (Wildman–Crippen MR) is 83.4 cm³/mol. The molecule has 0 radical (unpaired) electrons. The van der Waals surface area contributed by atoms with Gasteiger partial charge in [0.25, 0.3) is 0 Å². The van der Waals surface area contributed by atoms with Crippen LogP contribution in [0.3, 0.4) is 0 Å². The molecule has 0 saturated heterocycles. The van der Waals surface area contributed by atoms with Crippen molar-refractivity contribution in [2.24, 2.45) is 11.1 Å². The molecule has 0 aliphatic heterocycles. The Hall–Kier alpha value is -0.570. The lowest BCUT2D eigenvalue weighted by Crippen LogP contribution is -2.52. The first-order valence-corrected chi connectivity index (χ1v) is 8.74. The van der Waals surface area contributed by atoms with Gasteiger partial charge in [0.05, 0.1) is 5.41 Å². The Morgan fingerprint density at radius 1 is 1.05 bits per heavy atom. The maximum absolute atomic E-state index is 13.2. The molecule has 2 saturated carbocycles. The van der Waals surface area contributed by atoms with E-state index >= 15 is 0 Å². The van der Waals surface area contributed by atoms with Crippen LogP contribution >= 0.6 is 0 Å². The van der Waals surface area contributed by atoms with E-state index < -0.39 is 0 Å². The van der Waals surface area contributed by atoms with Crippen molar-refractivity contribution in [3.63, 3.8) is 0 Å². The summed E-state index contributed by atoms with van der Waals surface area (Å²) in [7, 11) is 0. The second-order valence-corrected chi connectivity index (χ2v) is 6.78. The lowest BCUT2D eigenvalue weighted by Gasteiger charge is -2.41. The van der Waals surface area contributed by atoms with Crippen LogP contribution in [0.5, 0.6) is 0 Å². The summed E-state index contributed by atoms with van der Waals surface area (Å²) < 4.78 is 0. The fraction of sp³-hybridized carbons (Fsp3) is 0.941. The van der Waals surface area contributed by atoms with Crippen LogP contribution in [0.15, 0.2) is 0 Å². The minimum atomic E-state index is -0.246. The molecule has 0 heterocycles. The number of carbonyl (C=O) groups is 1. The van der Waals surface area contributed by atoms with E-state index in [2.05, 4.69) is 11.8 Å². The van der Waals surface area contributed by atoms with Crippen molar-refractivity contribution in [1.82, 2.24) is 4.90 Å². The van der Waals surface area contributed by atoms with Gasteiger partial charge in [-0.15, -0.1) is 0 Å². The summed E-state index contributed by atoms with van der Waals surface area (Å²) in [4.78, 5) is 15.4. The quantitative estimate of drug-likeness (QED) is 0.802. The van der Waals surface area contributed by atoms with E-state index in [-0.39, 0.29) is 5.41 Å². The first-order valence-electron chi connectivity index (χ1n) is 8.74. The van der Waals surface area contributed by atoms with Gasteiger partial charge in [0, 0.05) is 19.1 Å². The Morgan fingerprint density at radius 2 is 1.60 bits per heavy atom. The molecule has 1 amide bonds. The lowest BCUT2D eigenvalue weighted by atomic mass is 9.78. The van der Waals surface area contributed by atoms with Crippen molar-refractivity contribution >= 4 is 5.91 Å². The number of nitrogens with two attached hydrogens (primary N) is 1. The van der Waals surface area contributed by atoms with Gasteiger partial charge in [0.2, 0.25) is 5.91 Å². The Kier molecular flexibility index (Phi) is 5.88. The van der Waals surface area contributed by atoms with Crippen molar-refractivity contribution in [2.45, 2.75) is 83.6 Å². The number of hydrogen-bond donors (Lipinski definition) is 1. The van der Waals surface area contributed by atoms with E-state index in [0.29, 0.717) is 18.5 Å². The van der Waals surface area contributed by atoms with Gasteiger partial charge < -0.3 is 10.6 Å². The van der Waals surface area contributed by atoms with E-state index in [1.165, 1.54) is 57.8 Å². The topological polar surface area (TPSA) is 46.3 Å². The first-order chi connectivity index (χ1) is 9.73. The maximum atomic E-state index is 13.2. The third-order valence-corrected chi connectivity index (χ3v) is 5.52. The lowest BCUT2D eigenvalue weighted by molar-refractivity contribution is -0.145.